The number of benzene rings is 1. The number of nitrogens with zero attached hydrogens (tertiary/aromatic N) is 3. The lowest BCUT2D eigenvalue weighted by Gasteiger charge is -2.13. The minimum atomic E-state index is 0.0187. The third-order valence-electron chi connectivity index (χ3n) is 4.11. The van der Waals surface area contributed by atoms with E-state index in [9.17, 15) is 4.79 Å². The molecule has 0 unspecified atom stereocenters. The molecule has 0 spiro atoms. The van der Waals surface area contributed by atoms with Crippen molar-refractivity contribution in [1.82, 2.24) is 20.1 Å². The van der Waals surface area contributed by atoms with Crippen molar-refractivity contribution in [2.45, 2.75) is 57.3 Å². The fraction of sp³-hybridized carbons (Fsp3) is 0.450. The van der Waals surface area contributed by atoms with Gasteiger partial charge in [-0.2, -0.15) is 0 Å². The predicted molar refractivity (Wildman–Crippen MR) is 113 cm³/mol. The van der Waals surface area contributed by atoms with Crippen molar-refractivity contribution in [1.29, 1.82) is 0 Å². The number of nitrogens with one attached hydrogen (secondary N) is 1. The molecule has 7 heteroatoms. The van der Waals surface area contributed by atoms with E-state index in [0.29, 0.717) is 22.5 Å². The lowest BCUT2D eigenvalue weighted by Crippen LogP contribution is -2.33. The number of amides is 1. The van der Waals surface area contributed by atoms with E-state index in [0.717, 1.165) is 24.2 Å². The van der Waals surface area contributed by atoms with Crippen molar-refractivity contribution in [2.75, 3.05) is 5.75 Å². The molecule has 0 aliphatic heterocycles. The zero-order valence-corrected chi connectivity index (χ0v) is 17.5. The summed E-state index contributed by atoms with van der Waals surface area (Å²) in [4.78, 5) is 12.2. The average molecular weight is 407 g/mol. The lowest BCUT2D eigenvalue weighted by molar-refractivity contribution is -0.119. The number of hydrogen-bond donors (Lipinski definition) is 1. The maximum atomic E-state index is 12.2. The van der Waals surface area contributed by atoms with Crippen molar-refractivity contribution in [2.24, 2.45) is 0 Å². The van der Waals surface area contributed by atoms with Crippen LogP contribution in [-0.2, 0) is 11.3 Å². The van der Waals surface area contributed by atoms with E-state index in [1.165, 1.54) is 24.6 Å². The highest BCUT2D eigenvalue weighted by molar-refractivity contribution is 7.99. The summed E-state index contributed by atoms with van der Waals surface area (Å²) in [6.07, 6.45) is 6.34. The van der Waals surface area contributed by atoms with Crippen molar-refractivity contribution in [3.8, 4) is 11.4 Å². The molecule has 27 heavy (non-hydrogen) atoms. The standard InChI is InChI=1S/C20H27ClN4OS/c1-4-6-7-8-15(3)22-18(26)14-27-20-24-23-19(25(20)13-5-2)16-9-11-17(21)12-10-16/h5,9-12,15H,2,4,6-8,13-14H2,1,3H3,(H,22,26)/t15-/m0/s1. The Labute approximate surface area is 170 Å². The van der Waals surface area contributed by atoms with Gasteiger partial charge in [0.2, 0.25) is 5.91 Å². The summed E-state index contributed by atoms with van der Waals surface area (Å²) in [5.74, 6) is 1.07. The van der Waals surface area contributed by atoms with Gasteiger partial charge in [-0.1, -0.05) is 55.6 Å². The van der Waals surface area contributed by atoms with E-state index in [4.69, 9.17) is 11.6 Å². The van der Waals surface area contributed by atoms with E-state index >= 15 is 0 Å². The molecule has 0 saturated carbocycles. The van der Waals surface area contributed by atoms with Crippen LogP contribution in [0.4, 0.5) is 0 Å². The highest BCUT2D eigenvalue weighted by Gasteiger charge is 2.15. The second-order valence-corrected chi connectivity index (χ2v) is 7.84. The van der Waals surface area contributed by atoms with E-state index in [2.05, 4.69) is 35.9 Å². The lowest BCUT2D eigenvalue weighted by atomic mass is 10.1. The van der Waals surface area contributed by atoms with Crippen LogP contribution in [0.1, 0.15) is 39.5 Å². The first-order valence-electron chi connectivity index (χ1n) is 9.27. The largest absolute Gasteiger partial charge is 0.353 e. The summed E-state index contributed by atoms with van der Waals surface area (Å²) in [6, 6.07) is 7.66. The Kier molecular flexibility index (Phi) is 8.88. The summed E-state index contributed by atoms with van der Waals surface area (Å²) in [6.45, 7) is 8.61. The van der Waals surface area contributed by atoms with Crippen LogP contribution < -0.4 is 5.32 Å². The van der Waals surface area contributed by atoms with E-state index in [-0.39, 0.29) is 11.9 Å². The van der Waals surface area contributed by atoms with Gasteiger partial charge in [0.05, 0.1) is 5.75 Å². The quantitative estimate of drug-likeness (QED) is 0.325. The van der Waals surface area contributed by atoms with Gasteiger partial charge in [0, 0.05) is 23.2 Å². The minimum Gasteiger partial charge on any atom is -0.353 e. The summed E-state index contributed by atoms with van der Waals surface area (Å²) in [7, 11) is 0. The van der Waals surface area contributed by atoms with Crippen molar-refractivity contribution in [3.05, 3.63) is 41.9 Å². The van der Waals surface area contributed by atoms with Gasteiger partial charge >= 0.3 is 0 Å². The number of unbranched alkanes of at least 4 members (excludes halogenated alkanes) is 2. The zero-order chi connectivity index (χ0) is 19.6. The number of aromatic nitrogens is 3. The minimum absolute atomic E-state index is 0.0187. The third kappa shape index (κ3) is 6.70. The number of carbonyl (C=O) groups is 1. The molecule has 1 aromatic carbocycles. The normalized spacial score (nSPS) is 12.0. The number of allylic oxidation sites excluding steroid dienone is 1. The van der Waals surface area contributed by atoms with Gasteiger partial charge in [-0.25, -0.2) is 0 Å². The molecule has 0 saturated heterocycles. The Morgan fingerprint density at radius 2 is 2.07 bits per heavy atom. The molecule has 2 rings (SSSR count). The SMILES string of the molecule is C=CCn1c(SCC(=O)N[C@@H](C)CCCCC)nnc1-c1ccc(Cl)cc1. The smallest absolute Gasteiger partial charge is 0.230 e. The third-order valence-corrected chi connectivity index (χ3v) is 5.33. The molecule has 1 atom stereocenters. The van der Waals surface area contributed by atoms with E-state index < -0.39 is 0 Å². The average Bonchev–Trinajstić information content (AvgIpc) is 3.04. The Hall–Kier alpha value is -1.79. The van der Waals surface area contributed by atoms with Crippen LogP contribution in [0.5, 0.6) is 0 Å². The van der Waals surface area contributed by atoms with Crippen LogP contribution in [-0.4, -0.2) is 32.5 Å². The van der Waals surface area contributed by atoms with Gasteiger partial charge in [0.15, 0.2) is 11.0 Å². The Balaban J connectivity index is 1.99. The molecule has 1 heterocycles. The van der Waals surface area contributed by atoms with Gasteiger partial charge in [-0.15, -0.1) is 16.8 Å². The summed E-state index contributed by atoms with van der Waals surface area (Å²) >= 11 is 7.35. The fourth-order valence-electron chi connectivity index (χ4n) is 2.72. The van der Waals surface area contributed by atoms with Crippen LogP contribution in [0.25, 0.3) is 11.4 Å². The van der Waals surface area contributed by atoms with Crippen LogP contribution in [0, 0.1) is 0 Å². The van der Waals surface area contributed by atoms with E-state index in [1.807, 2.05) is 28.8 Å². The molecule has 1 N–H and O–H groups in total. The molecule has 5 nitrogen and oxygen atoms in total. The zero-order valence-electron chi connectivity index (χ0n) is 15.9. The number of thioether (sulfide) groups is 1. The van der Waals surface area contributed by atoms with Crippen LogP contribution in [0.3, 0.4) is 0 Å². The monoisotopic (exact) mass is 406 g/mol. The maximum Gasteiger partial charge on any atom is 0.230 e. The number of hydrogen-bond acceptors (Lipinski definition) is 4. The van der Waals surface area contributed by atoms with Gasteiger partial charge in [-0.05, 0) is 37.6 Å². The van der Waals surface area contributed by atoms with Crippen LogP contribution >= 0.6 is 23.4 Å². The molecular weight excluding hydrogens is 380 g/mol. The molecule has 0 bridgehead atoms. The summed E-state index contributed by atoms with van der Waals surface area (Å²) in [5, 5.41) is 13.0. The molecule has 0 aliphatic rings. The second kappa shape index (κ2) is 11.1. The Morgan fingerprint density at radius 1 is 1.33 bits per heavy atom. The molecule has 1 amide bonds. The van der Waals surface area contributed by atoms with Crippen molar-refractivity contribution < 1.29 is 4.79 Å². The van der Waals surface area contributed by atoms with Crippen molar-refractivity contribution in [3.63, 3.8) is 0 Å². The van der Waals surface area contributed by atoms with Gasteiger partial charge < -0.3 is 5.32 Å². The second-order valence-electron chi connectivity index (χ2n) is 6.47. The molecule has 0 fully saturated rings. The van der Waals surface area contributed by atoms with Gasteiger partial charge in [-0.3, -0.25) is 9.36 Å². The first kappa shape index (κ1) is 21.5. The maximum absolute atomic E-state index is 12.2. The first-order chi connectivity index (χ1) is 13.0. The Morgan fingerprint density at radius 3 is 2.74 bits per heavy atom. The van der Waals surface area contributed by atoms with Crippen LogP contribution in [0.2, 0.25) is 5.02 Å². The van der Waals surface area contributed by atoms with Gasteiger partial charge in [0.25, 0.3) is 0 Å². The molecule has 146 valence electrons. The molecule has 0 aliphatic carbocycles. The number of halogens is 1. The number of carbonyl (C=O) groups excluding carboxylic acids is 1. The number of rotatable bonds is 11. The molecule has 1 aromatic heterocycles. The van der Waals surface area contributed by atoms with E-state index in [1.54, 1.807) is 6.08 Å². The molecular formula is C20H27ClN4OS. The van der Waals surface area contributed by atoms with Crippen molar-refractivity contribution >= 4 is 29.3 Å². The van der Waals surface area contributed by atoms with Gasteiger partial charge in [0.1, 0.15) is 0 Å². The topological polar surface area (TPSA) is 59.8 Å². The fourth-order valence-corrected chi connectivity index (χ4v) is 3.61. The summed E-state index contributed by atoms with van der Waals surface area (Å²) < 4.78 is 1.96. The molecule has 2 aromatic rings. The summed E-state index contributed by atoms with van der Waals surface area (Å²) in [5.41, 5.74) is 0.926. The highest BCUT2D eigenvalue weighted by Crippen LogP contribution is 2.25. The molecule has 0 radical (unpaired) electrons. The highest BCUT2D eigenvalue weighted by atomic mass is 35.5. The predicted octanol–water partition coefficient (Wildman–Crippen LogP) is 4.96. The van der Waals surface area contributed by atoms with Crippen LogP contribution in [0.15, 0.2) is 42.1 Å². The Bertz CT molecular complexity index is 745. The first-order valence-corrected chi connectivity index (χ1v) is 10.6.